The van der Waals surface area contributed by atoms with Crippen LogP contribution in [0.15, 0.2) is 0 Å². The first kappa shape index (κ1) is 10.4. The van der Waals surface area contributed by atoms with Crippen molar-refractivity contribution in [2.45, 2.75) is 50.5 Å². The molecule has 2 fully saturated rings. The zero-order valence-corrected chi connectivity index (χ0v) is 9.47. The van der Waals surface area contributed by atoms with Crippen LogP contribution in [0.2, 0.25) is 0 Å². The first-order valence-electron chi connectivity index (χ1n) is 6.18. The highest BCUT2D eigenvalue weighted by molar-refractivity contribution is 4.98. The first-order chi connectivity index (χ1) is 6.77. The van der Waals surface area contributed by atoms with E-state index in [1.807, 2.05) is 0 Å². The van der Waals surface area contributed by atoms with Crippen LogP contribution in [0.4, 0.5) is 0 Å². The highest BCUT2D eigenvalue weighted by atomic mass is 15.2. The molecule has 2 aliphatic rings. The lowest BCUT2D eigenvalue weighted by Gasteiger charge is -2.46. The van der Waals surface area contributed by atoms with E-state index in [4.69, 9.17) is 5.73 Å². The molecule has 1 saturated carbocycles. The summed E-state index contributed by atoms with van der Waals surface area (Å²) in [7, 11) is 2.32. The van der Waals surface area contributed by atoms with Crippen molar-refractivity contribution in [3.63, 3.8) is 0 Å². The third-order valence-corrected chi connectivity index (χ3v) is 4.46. The largest absolute Gasteiger partial charge is 0.330 e. The molecule has 2 N–H and O–H groups in total. The van der Waals surface area contributed by atoms with Gasteiger partial charge >= 0.3 is 0 Å². The molecule has 0 aromatic heterocycles. The second-order valence-electron chi connectivity index (χ2n) is 5.29. The lowest BCUT2D eigenvalue weighted by molar-refractivity contribution is 0.0454. The van der Waals surface area contributed by atoms with E-state index in [2.05, 4.69) is 11.9 Å². The molecule has 1 atom stereocenters. The molecule has 1 aliphatic heterocycles. The van der Waals surface area contributed by atoms with Crippen molar-refractivity contribution in [1.29, 1.82) is 0 Å². The third-order valence-electron chi connectivity index (χ3n) is 4.46. The van der Waals surface area contributed by atoms with Crippen molar-refractivity contribution in [2.24, 2.45) is 11.7 Å². The Morgan fingerprint density at radius 3 is 2.71 bits per heavy atom. The monoisotopic (exact) mass is 196 g/mol. The lowest BCUT2D eigenvalue weighted by atomic mass is 9.78. The Morgan fingerprint density at radius 1 is 1.36 bits per heavy atom. The summed E-state index contributed by atoms with van der Waals surface area (Å²) in [6, 6.07) is 0. The smallest absolute Gasteiger partial charge is 0.0209 e. The Bertz CT molecular complexity index is 185. The highest BCUT2D eigenvalue weighted by Crippen LogP contribution is 2.43. The summed E-state index contributed by atoms with van der Waals surface area (Å²) in [6.45, 7) is 2.18. The molecule has 1 unspecified atom stereocenters. The van der Waals surface area contributed by atoms with Crippen LogP contribution >= 0.6 is 0 Å². The Balaban J connectivity index is 1.99. The molecule has 1 heterocycles. The second kappa shape index (κ2) is 4.19. The molecule has 1 saturated heterocycles. The van der Waals surface area contributed by atoms with Crippen LogP contribution in [-0.2, 0) is 0 Å². The maximum atomic E-state index is 5.67. The summed E-state index contributed by atoms with van der Waals surface area (Å²) >= 11 is 0. The van der Waals surface area contributed by atoms with Crippen molar-refractivity contribution in [3.8, 4) is 0 Å². The Hall–Kier alpha value is -0.0800. The topological polar surface area (TPSA) is 29.3 Å². The molecule has 2 heteroatoms. The average molecular weight is 196 g/mol. The van der Waals surface area contributed by atoms with Gasteiger partial charge in [-0.15, -0.1) is 0 Å². The number of piperidine rings is 1. The van der Waals surface area contributed by atoms with Crippen LogP contribution in [0.5, 0.6) is 0 Å². The highest BCUT2D eigenvalue weighted by Gasteiger charge is 2.41. The molecule has 0 radical (unpaired) electrons. The van der Waals surface area contributed by atoms with E-state index in [0.29, 0.717) is 5.54 Å². The minimum absolute atomic E-state index is 0.581. The molecule has 0 aromatic carbocycles. The molecular formula is C12H24N2. The molecule has 1 aliphatic carbocycles. The van der Waals surface area contributed by atoms with Crippen LogP contribution in [0.3, 0.4) is 0 Å². The first-order valence-corrected chi connectivity index (χ1v) is 6.18. The van der Waals surface area contributed by atoms with Crippen LogP contribution in [0, 0.1) is 5.92 Å². The van der Waals surface area contributed by atoms with E-state index >= 15 is 0 Å². The van der Waals surface area contributed by atoms with Crippen LogP contribution in [0.25, 0.3) is 0 Å². The van der Waals surface area contributed by atoms with Gasteiger partial charge in [0.15, 0.2) is 0 Å². The van der Waals surface area contributed by atoms with Gasteiger partial charge in [-0.2, -0.15) is 0 Å². The van der Waals surface area contributed by atoms with Crippen LogP contribution < -0.4 is 5.73 Å². The zero-order chi connectivity index (χ0) is 10.0. The van der Waals surface area contributed by atoms with Crippen molar-refractivity contribution in [1.82, 2.24) is 4.90 Å². The Labute approximate surface area is 87.8 Å². The summed E-state index contributed by atoms with van der Waals surface area (Å²) in [5.41, 5.74) is 6.25. The van der Waals surface area contributed by atoms with Gasteiger partial charge in [0, 0.05) is 5.54 Å². The molecule has 0 bridgehead atoms. The van der Waals surface area contributed by atoms with E-state index in [1.54, 1.807) is 0 Å². The van der Waals surface area contributed by atoms with Crippen LogP contribution in [-0.4, -0.2) is 30.6 Å². The molecule has 82 valence electrons. The van der Waals surface area contributed by atoms with Crippen molar-refractivity contribution in [2.75, 3.05) is 20.1 Å². The molecular weight excluding hydrogens is 172 g/mol. The van der Waals surface area contributed by atoms with Gasteiger partial charge in [0.05, 0.1) is 0 Å². The minimum atomic E-state index is 0.581. The number of likely N-dealkylation sites (tertiary alicyclic amines) is 1. The minimum Gasteiger partial charge on any atom is -0.330 e. The lowest BCUT2D eigenvalue weighted by Crippen LogP contribution is -2.50. The van der Waals surface area contributed by atoms with Gasteiger partial charge in [0.25, 0.3) is 0 Å². The quantitative estimate of drug-likeness (QED) is 0.732. The average Bonchev–Trinajstić information content (AvgIpc) is 2.62. The summed E-state index contributed by atoms with van der Waals surface area (Å²) in [6.07, 6.45) is 9.79. The molecule has 0 aromatic rings. The summed E-state index contributed by atoms with van der Waals surface area (Å²) in [5.74, 6) is 0.911. The predicted octanol–water partition coefficient (Wildman–Crippen LogP) is 1.99. The SMILES string of the molecule is CN1CCC(CCN)CC12CCCC2. The molecule has 14 heavy (non-hydrogen) atoms. The standard InChI is InChI=1S/C12H24N2/c1-14-9-5-11(4-8-13)10-12(14)6-2-3-7-12/h11H,2-10,13H2,1H3. The third kappa shape index (κ3) is 1.82. The summed E-state index contributed by atoms with van der Waals surface area (Å²) < 4.78 is 0. The van der Waals surface area contributed by atoms with Crippen molar-refractivity contribution >= 4 is 0 Å². The van der Waals surface area contributed by atoms with Gasteiger partial charge in [0.2, 0.25) is 0 Å². The van der Waals surface area contributed by atoms with Gasteiger partial charge in [-0.1, -0.05) is 12.8 Å². The molecule has 1 spiro atoms. The summed E-state index contributed by atoms with van der Waals surface area (Å²) in [5, 5.41) is 0. The number of hydrogen-bond donors (Lipinski definition) is 1. The van der Waals surface area contributed by atoms with Gasteiger partial charge in [-0.3, -0.25) is 0 Å². The zero-order valence-electron chi connectivity index (χ0n) is 9.47. The number of hydrogen-bond acceptors (Lipinski definition) is 2. The fourth-order valence-corrected chi connectivity index (χ4v) is 3.51. The second-order valence-corrected chi connectivity index (χ2v) is 5.29. The Morgan fingerprint density at radius 2 is 2.07 bits per heavy atom. The van der Waals surface area contributed by atoms with Gasteiger partial charge in [-0.25, -0.2) is 0 Å². The fourth-order valence-electron chi connectivity index (χ4n) is 3.51. The van der Waals surface area contributed by atoms with E-state index in [0.717, 1.165) is 12.5 Å². The van der Waals surface area contributed by atoms with E-state index in [9.17, 15) is 0 Å². The fraction of sp³-hybridized carbons (Fsp3) is 1.00. The van der Waals surface area contributed by atoms with E-state index in [-0.39, 0.29) is 0 Å². The molecule has 0 amide bonds. The number of nitrogens with two attached hydrogens (primary N) is 1. The van der Waals surface area contributed by atoms with Crippen LogP contribution in [0.1, 0.15) is 44.9 Å². The normalized spacial score (nSPS) is 32.6. The van der Waals surface area contributed by atoms with Crippen molar-refractivity contribution < 1.29 is 0 Å². The van der Waals surface area contributed by atoms with Gasteiger partial charge in [-0.05, 0) is 58.2 Å². The maximum Gasteiger partial charge on any atom is 0.0209 e. The predicted molar refractivity (Wildman–Crippen MR) is 60.2 cm³/mol. The molecule has 2 rings (SSSR count). The maximum absolute atomic E-state index is 5.67. The number of rotatable bonds is 2. The van der Waals surface area contributed by atoms with E-state index < -0.39 is 0 Å². The van der Waals surface area contributed by atoms with E-state index in [1.165, 1.54) is 51.5 Å². The molecule has 2 nitrogen and oxygen atoms in total. The van der Waals surface area contributed by atoms with Crippen molar-refractivity contribution in [3.05, 3.63) is 0 Å². The Kier molecular flexibility index (Phi) is 3.13. The van der Waals surface area contributed by atoms with Gasteiger partial charge in [0.1, 0.15) is 0 Å². The summed E-state index contributed by atoms with van der Waals surface area (Å²) in [4.78, 5) is 2.63. The number of nitrogens with zero attached hydrogens (tertiary/aromatic N) is 1. The van der Waals surface area contributed by atoms with Gasteiger partial charge < -0.3 is 10.6 Å².